The molecule has 172 valence electrons. The fourth-order valence-electron chi connectivity index (χ4n) is 4.61. The van der Waals surface area contributed by atoms with Gasteiger partial charge in [-0.25, -0.2) is 0 Å². The number of benzene rings is 4. The molecule has 0 saturated heterocycles. The van der Waals surface area contributed by atoms with Gasteiger partial charge in [-0.15, -0.1) is 0 Å². The van der Waals surface area contributed by atoms with Crippen LogP contribution in [0.4, 0.5) is 0 Å². The summed E-state index contributed by atoms with van der Waals surface area (Å²) >= 11 is 0. The van der Waals surface area contributed by atoms with Crippen LogP contribution in [0, 0.1) is 0 Å². The van der Waals surface area contributed by atoms with E-state index in [1.165, 1.54) is 59.1 Å². The van der Waals surface area contributed by atoms with Gasteiger partial charge in [0.1, 0.15) is 0 Å². The molecule has 1 nitrogen and oxygen atoms in total. The first kappa shape index (κ1) is 22.8. The molecule has 1 heteroatoms. The molecule has 0 aliphatic heterocycles. The van der Waals surface area contributed by atoms with Gasteiger partial charge in [0, 0.05) is 17.3 Å². The van der Waals surface area contributed by atoms with E-state index in [9.17, 15) is 0 Å². The van der Waals surface area contributed by atoms with Gasteiger partial charge >= 0.3 is 0 Å². The molecule has 0 unspecified atom stereocenters. The SMILES string of the molecule is c1ccc(CCCCCc2cccc(-c3ccc(-c4cccc(-c5ccccc5)c4)nc3)c2)cc1. The molecule has 0 bridgehead atoms. The second-order valence-corrected chi connectivity index (χ2v) is 9.13. The fourth-order valence-corrected chi connectivity index (χ4v) is 4.61. The maximum Gasteiger partial charge on any atom is 0.0702 e. The molecule has 5 aromatic rings. The van der Waals surface area contributed by atoms with Crippen LogP contribution in [-0.2, 0) is 12.8 Å². The molecule has 0 fully saturated rings. The molecule has 0 atom stereocenters. The lowest BCUT2D eigenvalue weighted by atomic mass is 9.99. The standard InChI is InChI=1S/C34H31N/c1-4-12-27(13-5-1)14-6-2-7-15-28-16-10-19-30(24-28)33-22-23-34(35-26-33)32-21-11-20-31(25-32)29-17-8-3-9-18-29/h1,3-5,8-13,16-26H,2,6-7,14-15H2. The highest BCUT2D eigenvalue weighted by Gasteiger charge is 2.05. The molecule has 0 aliphatic carbocycles. The van der Waals surface area contributed by atoms with E-state index in [0.717, 1.165) is 17.7 Å². The van der Waals surface area contributed by atoms with Crippen LogP contribution in [0.1, 0.15) is 30.4 Å². The third kappa shape index (κ3) is 6.13. The van der Waals surface area contributed by atoms with E-state index < -0.39 is 0 Å². The summed E-state index contributed by atoms with van der Waals surface area (Å²) < 4.78 is 0. The van der Waals surface area contributed by atoms with Crippen LogP contribution in [-0.4, -0.2) is 4.98 Å². The first-order chi connectivity index (χ1) is 17.3. The summed E-state index contributed by atoms with van der Waals surface area (Å²) in [5, 5.41) is 0. The van der Waals surface area contributed by atoms with Crippen molar-refractivity contribution in [2.45, 2.75) is 32.1 Å². The maximum atomic E-state index is 4.81. The number of aromatic nitrogens is 1. The van der Waals surface area contributed by atoms with Gasteiger partial charge in [-0.1, -0.05) is 116 Å². The van der Waals surface area contributed by atoms with Crippen molar-refractivity contribution in [1.82, 2.24) is 4.98 Å². The molecule has 0 saturated carbocycles. The smallest absolute Gasteiger partial charge is 0.0702 e. The molecule has 1 heterocycles. The van der Waals surface area contributed by atoms with E-state index in [4.69, 9.17) is 4.98 Å². The van der Waals surface area contributed by atoms with Crippen LogP contribution < -0.4 is 0 Å². The summed E-state index contributed by atoms with van der Waals surface area (Å²) in [5.74, 6) is 0. The summed E-state index contributed by atoms with van der Waals surface area (Å²) in [6.07, 6.45) is 8.04. The van der Waals surface area contributed by atoms with Crippen molar-refractivity contribution in [3.63, 3.8) is 0 Å². The number of rotatable bonds is 9. The van der Waals surface area contributed by atoms with Crippen LogP contribution in [0.2, 0.25) is 0 Å². The first-order valence-electron chi connectivity index (χ1n) is 12.6. The second kappa shape index (κ2) is 11.4. The van der Waals surface area contributed by atoms with Crippen LogP contribution in [0.5, 0.6) is 0 Å². The van der Waals surface area contributed by atoms with Crippen LogP contribution in [0.3, 0.4) is 0 Å². The van der Waals surface area contributed by atoms with Crippen molar-refractivity contribution in [1.29, 1.82) is 0 Å². The Hall–Kier alpha value is -3.97. The Kier molecular flexibility index (Phi) is 7.45. The topological polar surface area (TPSA) is 12.9 Å². The zero-order valence-corrected chi connectivity index (χ0v) is 20.1. The van der Waals surface area contributed by atoms with E-state index >= 15 is 0 Å². The number of unbranched alkanes of at least 4 members (excludes halogenated alkanes) is 2. The normalized spacial score (nSPS) is 10.9. The Bertz CT molecular complexity index is 1340. The van der Waals surface area contributed by atoms with Gasteiger partial charge in [-0.05, 0) is 65.6 Å². The minimum atomic E-state index is 1.00. The molecular weight excluding hydrogens is 422 g/mol. The van der Waals surface area contributed by atoms with Crippen molar-refractivity contribution in [2.75, 3.05) is 0 Å². The minimum Gasteiger partial charge on any atom is -0.256 e. The van der Waals surface area contributed by atoms with E-state index in [0.29, 0.717) is 0 Å². The minimum absolute atomic E-state index is 1.00. The Balaban J connectivity index is 1.21. The highest BCUT2D eigenvalue weighted by atomic mass is 14.7. The molecule has 0 radical (unpaired) electrons. The van der Waals surface area contributed by atoms with Crippen LogP contribution in [0.25, 0.3) is 33.5 Å². The predicted molar refractivity (Wildman–Crippen MR) is 148 cm³/mol. The zero-order valence-electron chi connectivity index (χ0n) is 20.1. The zero-order chi connectivity index (χ0) is 23.7. The fraction of sp³-hybridized carbons (Fsp3) is 0.147. The molecule has 5 rings (SSSR count). The number of aryl methyl sites for hydroxylation is 2. The van der Waals surface area contributed by atoms with E-state index in [1.54, 1.807) is 0 Å². The highest BCUT2D eigenvalue weighted by Crippen LogP contribution is 2.27. The van der Waals surface area contributed by atoms with E-state index in [1.807, 2.05) is 6.20 Å². The summed E-state index contributed by atoms with van der Waals surface area (Å²) in [4.78, 5) is 4.81. The Morgan fingerprint density at radius 3 is 1.74 bits per heavy atom. The van der Waals surface area contributed by atoms with Gasteiger partial charge in [0.2, 0.25) is 0 Å². The van der Waals surface area contributed by atoms with Gasteiger partial charge in [-0.3, -0.25) is 4.98 Å². The van der Waals surface area contributed by atoms with Crippen molar-refractivity contribution >= 4 is 0 Å². The van der Waals surface area contributed by atoms with Crippen LogP contribution in [0.15, 0.2) is 128 Å². The molecule has 0 N–H and O–H groups in total. The maximum absolute atomic E-state index is 4.81. The van der Waals surface area contributed by atoms with Gasteiger partial charge in [0.25, 0.3) is 0 Å². The van der Waals surface area contributed by atoms with Gasteiger partial charge in [0.05, 0.1) is 5.69 Å². The summed E-state index contributed by atoms with van der Waals surface area (Å²) in [6, 6.07) is 43.2. The van der Waals surface area contributed by atoms with Gasteiger partial charge < -0.3 is 0 Å². The lowest BCUT2D eigenvalue weighted by molar-refractivity contribution is 0.678. The molecule has 0 spiro atoms. The number of nitrogens with zero attached hydrogens (tertiary/aromatic N) is 1. The largest absolute Gasteiger partial charge is 0.256 e. The Morgan fingerprint density at radius 2 is 1.00 bits per heavy atom. The summed E-state index contributed by atoms with van der Waals surface area (Å²) in [5.41, 5.74) is 9.83. The van der Waals surface area contributed by atoms with Crippen molar-refractivity contribution in [2.24, 2.45) is 0 Å². The predicted octanol–water partition coefficient (Wildman–Crippen LogP) is 9.04. The van der Waals surface area contributed by atoms with E-state index in [2.05, 4.69) is 121 Å². The van der Waals surface area contributed by atoms with Crippen molar-refractivity contribution in [3.05, 3.63) is 139 Å². The third-order valence-electron chi connectivity index (χ3n) is 6.56. The second-order valence-electron chi connectivity index (χ2n) is 9.13. The molecular formula is C34H31N. The summed E-state index contributed by atoms with van der Waals surface area (Å²) in [6.45, 7) is 0. The lowest BCUT2D eigenvalue weighted by Gasteiger charge is -2.08. The number of hydrogen-bond acceptors (Lipinski definition) is 1. The average molecular weight is 454 g/mol. The van der Waals surface area contributed by atoms with Gasteiger partial charge in [-0.2, -0.15) is 0 Å². The van der Waals surface area contributed by atoms with Crippen molar-refractivity contribution in [3.8, 4) is 33.5 Å². The van der Waals surface area contributed by atoms with Crippen LogP contribution >= 0.6 is 0 Å². The molecule has 1 aromatic heterocycles. The summed E-state index contributed by atoms with van der Waals surface area (Å²) in [7, 11) is 0. The van der Waals surface area contributed by atoms with Crippen molar-refractivity contribution < 1.29 is 0 Å². The van der Waals surface area contributed by atoms with E-state index in [-0.39, 0.29) is 0 Å². The average Bonchev–Trinajstić information content (AvgIpc) is 2.94. The molecule has 4 aromatic carbocycles. The molecule has 35 heavy (non-hydrogen) atoms. The quantitative estimate of drug-likeness (QED) is 0.203. The Labute approximate surface area is 209 Å². The number of hydrogen-bond donors (Lipinski definition) is 0. The Morgan fingerprint density at radius 1 is 0.400 bits per heavy atom. The third-order valence-corrected chi connectivity index (χ3v) is 6.56. The monoisotopic (exact) mass is 453 g/mol. The molecule has 0 aliphatic rings. The lowest BCUT2D eigenvalue weighted by Crippen LogP contribution is -1.90. The highest BCUT2D eigenvalue weighted by molar-refractivity contribution is 5.72. The van der Waals surface area contributed by atoms with Gasteiger partial charge in [0.15, 0.2) is 0 Å². The number of pyridine rings is 1. The molecule has 0 amide bonds. The first-order valence-corrected chi connectivity index (χ1v) is 12.6.